The van der Waals surface area contributed by atoms with Crippen LogP contribution in [0.1, 0.15) is 0 Å². The van der Waals surface area contributed by atoms with Crippen LogP contribution >= 0.6 is 39.0 Å². The maximum absolute atomic E-state index is 13.9. The van der Waals surface area contributed by atoms with Gasteiger partial charge in [0.25, 0.3) is 0 Å². The predicted octanol–water partition coefficient (Wildman–Crippen LogP) is 7.40. The summed E-state index contributed by atoms with van der Waals surface area (Å²) >= 11 is 5.86. The Morgan fingerprint density at radius 3 is 0.872 bits per heavy atom. The number of nitrogens with zero attached hydrogens (tertiary/aromatic N) is 1. The van der Waals surface area contributed by atoms with Crippen LogP contribution in [0.25, 0.3) is 0 Å². The van der Waals surface area contributed by atoms with E-state index in [1.54, 1.807) is 0 Å². The van der Waals surface area contributed by atoms with Crippen molar-refractivity contribution in [3.05, 3.63) is 119 Å². The molecule has 4 aromatic rings. The maximum Gasteiger partial charge on any atom is 0.135 e. The molecule has 0 saturated heterocycles. The van der Waals surface area contributed by atoms with E-state index in [0.29, 0.717) is 0 Å². The molecule has 4 aromatic carbocycles. The SMILES string of the molecule is CN(C)P(c1c(F)cccc1F)c1c(F)cccc1F.Cl.Fc1cccc(F)c1P(Cl)c1c(F)cccc1F. The maximum atomic E-state index is 13.9. The summed E-state index contributed by atoms with van der Waals surface area (Å²) in [6, 6.07) is 13.0. The van der Waals surface area contributed by atoms with Crippen LogP contribution in [-0.2, 0) is 0 Å². The summed E-state index contributed by atoms with van der Waals surface area (Å²) in [5.41, 5.74) is 0. The lowest BCUT2D eigenvalue weighted by atomic mass is 10.3. The van der Waals surface area contributed by atoms with E-state index in [1.807, 2.05) is 0 Å². The third-order valence-corrected chi connectivity index (χ3v) is 10.1. The lowest BCUT2D eigenvalue weighted by Crippen LogP contribution is -2.30. The highest BCUT2D eigenvalue weighted by molar-refractivity contribution is 7.95. The van der Waals surface area contributed by atoms with Gasteiger partial charge in [0.15, 0.2) is 0 Å². The van der Waals surface area contributed by atoms with Crippen LogP contribution in [0.4, 0.5) is 35.1 Å². The monoisotopic (exact) mass is 629 g/mol. The second-order valence-corrected chi connectivity index (χ2v) is 12.5. The fourth-order valence-electron chi connectivity index (χ4n) is 3.36. The van der Waals surface area contributed by atoms with Crippen molar-refractivity contribution in [1.29, 1.82) is 0 Å². The minimum Gasteiger partial charge on any atom is -0.281 e. The van der Waals surface area contributed by atoms with Gasteiger partial charge in [-0.3, -0.25) is 4.67 Å². The average molecular weight is 630 g/mol. The minimum atomic E-state index is -2.28. The van der Waals surface area contributed by atoms with E-state index in [0.717, 1.165) is 60.7 Å². The molecule has 0 aliphatic heterocycles. The largest absolute Gasteiger partial charge is 0.281 e. The lowest BCUT2D eigenvalue weighted by molar-refractivity contribution is 0.587. The number of benzene rings is 4. The summed E-state index contributed by atoms with van der Waals surface area (Å²) in [7, 11) is -1.18. The molecule has 0 aromatic heterocycles. The van der Waals surface area contributed by atoms with Crippen LogP contribution < -0.4 is 21.2 Å². The zero-order valence-electron chi connectivity index (χ0n) is 20.1. The Morgan fingerprint density at radius 2 is 0.667 bits per heavy atom. The molecule has 0 amide bonds. The Hall–Kier alpha value is -2.28. The van der Waals surface area contributed by atoms with Crippen LogP contribution in [0.2, 0.25) is 0 Å². The van der Waals surface area contributed by atoms with Gasteiger partial charge < -0.3 is 0 Å². The normalized spacial score (nSPS) is 10.9. The fraction of sp³-hybridized carbons (Fsp3) is 0.0769. The highest BCUT2D eigenvalue weighted by atomic mass is 35.7. The topological polar surface area (TPSA) is 3.24 Å². The fourth-order valence-corrected chi connectivity index (χ4v) is 7.73. The van der Waals surface area contributed by atoms with E-state index in [4.69, 9.17) is 11.2 Å². The van der Waals surface area contributed by atoms with Gasteiger partial charge in [-0.2, -0.15) is 0 Å². The first kappa shape index (κ1) is 32.9. The number of hydrogen-bond donors (Lipinski definition) is 0. The van der Waals surface area contributed by atoms with E-state index < -0.39 is 72.5 Å². The highest BCUT2D eigenvalue weighted by Crippen LogP contribution is 2.42. The standard InChI is InChI=1S/C14H12F4NP.C12H6ClF4P.ClH/c1-19(2)20(13-9(15)5-3-6-10(13)16)14-11(17)7-4-8-12(14)18;13-18(11-7(14)3-1-4-8(11)15)12-9(16)5-2-6-10(12)17;/h3-8H,1-2H3;1-6H;1H. The number of hydrogen-bond acceptors (Lipinski definition) is 1. The highest BCUT2D eigenvalue weighted by Gasteiger charge is 2.29. The second-order valence-electron chi connectivity index (χ2n) is 7.72. The van der Waals surface area contributed by atoms with E-state index in [1.165, 1.54) is 30.9 Å². The molecule has 13 heteroatoms. The zero-order valence-corrected chi connectivity index (χ0v) is 23.4. The van der Waals surface area contributed by atoms with Gasteiger partial charge in [-0.15, -0.1) is 12.4 Å². The summed E-state index contributed by atoms with van der Waals surface area (Å²) in [6.07, 6.45) is 0. The van der Waals surface area contributed by atoms with Crippen molar-refractivity contribution in [3.63, 3.8) is 0 Å². The van der Waals surface area contributed by atoms with Crippen LogP contribution in [0.15, 0.2) is 72.8 Å². The van der Waals surface area contributed by atoms with Crippen LogP contribution in [0, 0.1) is 46.5 Å². The Balaban J connectivity index is 0.000000268. The molecule has 39 heavy (non-hydrogen) atoms. The summed E-state index contributed by atoms with van der Waals surface area (Å²) in [6.45, 7) is 0. The third kappa shape index (κ3) is 7.47. The van der Waals surface area contributed by atoms with Gasteiger partial charge in [0.2, 0.25) is 0 Å². The first-order chi connectivity index (χ1) is 18.0. The Kier molecular flexibility index (Phi) is 12.1. The zero-order chi connectivity index (χ0) is 28.1. The molecule has 0 radical (unpaired) electrons. The van der Waals surface area contributed by atoms with Crippen LogP contribution in [0.3, 0.4) is 0 Å². The molecule has 4 rings (SSSR count). The number of halogens is 10. The predicted molar refractivity (Wildman–Crippen MR) is 145 cm³/mol. The third-order valence-electron chi connectivity index (χ3n) is 4.97. The first-order valence-electron chi connectivity index (χ1n) is 10.6. The van der Waals surface area contributed by atoms with Gasteiger partial charge in [-0.05, 0) is 62.6 Å². The molecule has 0 atom stereocenters. The molecular formula is C26H19Cl2F8NP2. The van der Waals surface area contributed by atoms with Crippen molar-refractivity contribution in [3.8, 4) is 0 Å². The first-order valence-corrected chi connectivity index (χ1v) is 14.2. The summed E-state index contributed by atoms with van der Waals surface area (Å²) in [5, 5.41) is -1.62. The van der Waals surface area contributed by atoms with Crippen LogP contribution in [0.5, 0.6) is 0 Å². The molecule has 0 fully saturated rings. The summed E-state index contributed by atoms with van der Waals surface area (Å²) in [4.78, 5) is 0. The average Bonchev–Trinajstić information content (AvgIpc) is 2.83. The van der Waals surface area contributed by atoms with E-state index >= 15 is 0 Å². The summed E-state index contributed by atoms with van der Waals surface area (Å²) in [5.74, 6) is -6.92. The lowest BCUT2D eigenvalue weighted by Gasteiger charge is -2.26. The molecule has 1 nitrogen and oxygen atoms in total. The van der Waals surface area contributed by atoms with Crippen molar-refractivity contribution in [2.24, 2.45) is 0 Å². The van der Waals surface area contributed by atoms with Crippen molar-refractivity contribution in [2.75, 3.05) is 14.1 Å². The van der Waals surface area contributed by atoms with Crippen molar-refractivity contribution in [1.82, 2.24) is 4.67 Å². The van der Waals surface area contributed by atoms with Gasteiger partial charge in [-0.25, -0.2) is 35.1 Å². The Morgan fingerprint density at radius 1 is 0.462 bits per heavy atom. The van der Waals surface area contributed by atoms with Crippen molar-refractivity contribution in [2.45, 2.75) is 0 Å². The molecule has 0 heterocycles. The molecule has 0 N–H and O–H groups in total. The van der Waals surface area contributed by atoms with E-state index in [2.05, 4.69) is 0 Å². The van der Waals surface area contributed by atoms with Crippen molar-refractivity contribution < 1.29 is 35.1 Å². The quantitative estimate of drug-likeness (QED) is 0.164. The Labute approximate surface area is 233 Å². The minimum absolute atomic E-state index is 0. The smallest absolute Gasteiger partial charge is 0.135 e. The van der Waals surface area contributed by atoms with E-state index in [-0.39, 0.29) is 23.0 Å². The van der Waals surface area contributed by atoms with Gasteiger partial charge >= 0.3 is 0 Å². The molecule has 0 bridgehead atoms. The van der Waals surface area contributed by atoms with Gasteiger partial charge in [0.1, 0.15) is 46.5 Å². The van der Waals surface area contributed by atoms with Crippen LogP contribution in [-0.4, -0.2) is 18.8 Å². The molecule has 0 aliphatic rings. The number of rotatable bonds is 5. The van der Waals surface area contributed by atoms with Crippen molar-refractivity contribution >= 4 is 60.2 Å². The molecule has 0 aliphatic carbocycles. The second kappa shape index (κ2) is 14.4. The molecule has 0 spiro atoms. The van der Waals surface area contributed by atoms with Gasteiger partial charge in [0, 0.05) is 8.07 Å². The molecule has 208 valence electrons. The molecule has 0 saturated carbocycles. The molecule has 0 unspecified atom stereocenters. The van der Waals surface area contributed by atoms with E-state index in [9.17, 15) is 35.1 Å². The van der Waals surface area contributed by atoms with Gasteiger partial charge in [0.05, 0.1) is 28.5 Å². The van der Waals surface area contributed by atoms with Gasteiger partial charge in [-0.1, -0.05) is 35.5 Å². The molecular weight excluding hydrogens is 611 g/mol. The Bertz CT molecular complexity index is 1260. The summed E-state index contributed by atoms with van der Waals surface area (Å²) < 4.78 is 111.